The maximum absolute atomic E-state index is 6.15. The predicted octanol–water partition coefficient (Wildman–Crippen LogP) is 4.93. The Labute approximate surface area is 136 Å². The third kappa shape index (κ3) is 3.89. The molecule has 22 heavy (non-hydrogen) atoms. The van der Waals surface area contributed by atoms with Gasteiger partial charge in [0, 0.05) is 22.9 Å². The fourth-order valence-electron chi connectivity index (χ4n) is 2.76. The second-order valence-corrected chi connectivity index (χ2v) is 6.24. The van der Waals surface area contributed by atoms with Crippen molar-refractivity contribution in [2.24, 2.45) is 0 Å². The highest BCUT2D eigenvalue weighted by molar-refractivity contribution is 6.31. The maximum Gasteiger partial charge on any atom is 0.229 e. The average Bonchev–Trinajstić information content (AvgIpc) is 2.52. The van der Waals surface area contributed by atoms with Crippen molar-refractivity contribution in [3.8, 4) is 0 Å². The first-order valence-corrected chi connectivity index (χ1v) is 8.21. The predicted molar refractivity (Wildman–Crippen MR) is 92.0 cm³/mol. The van der Waals surface area contributed by atoms with Gasteiger partial charge in [-0.05, 0) is 43.5 Å². The van der Waals surface area contributed by atoms with Gasteiger partial charge in [0.25, 0.3) is 0 Å². The fraction of sp³-hybridized carbons (Fsp3) is 0.412. The fourth-order valence-corrected chi connectivity index (χ4v) is 2.94. The number of benzene rings is 1. The molecule has 1 aromatic carbocycles. The number of rotatable bonds is 4. The van der Waals surface area contributed by atoms with Crippen LogP contribution in [0, 0.1) is 6.92 Å². The molecular weight excluding hydrogens is 296 g/mol. The molecule has 0 saturated heterocycles. The molecule has 1 saturated carbocycles. The second kappa shape index (κ2) is 6.97. The van der Waals surface area contributed by atoms with Crippen LogP contribution in [0.25, 0.3) is 0 Å². The van der Waals surface area contributed by atoms with Gasteiger partial charge in [0.2, 0.25) is 5.95 Å². The summed E-state index contributed by atoms with van der Waals surface area (Å²) in [5, 5.41) is 7.45. The second-order valence-electron chi connectivity index (χ2n) is 5.83. The minimum absolute atomic E-state index is 0.533. The molecule has 1 aliphatic rings. The molecule has 0 bridgehead atoms. The Kier molecular flexibility index (Phi) is 4.78. The van der Waals surface area contributed by atoms with Crippen LogP contribution in [0.15, 0.2) is 30.5 Å². The topological polar surface area (TPSA) is 49.8 Å². The third-order valence-corrected chi connectivity index (χ3v) is 4.45. The molecule has 1 fully saturated rings. The van der Waals surface area contributed by atoms with Crippen molar-refractivity contribution in [3.05, 3.63) is 41.0 Å². The summed E-state index contributed by atoms with van der Waals surface area (Å²) < 4.78 is 0. The Balaban J connectivity index is 1.68. The van der Waals surface area contributed by atoms with Crippen LogP contribution in [0.4, 0.5) is 17.5 Å². The van der Waals surface area contributed by atoms with E-state index in [1.165, 1.54) is 32.1 Å². The number of nitrogens with one attached hydrogen (secondary N) is 2. The number of nitrogens with zero attached hydrogens (tertiary/aromatic N) is 2. The van der Waals surface area contributed by atoms with Crippen molar-refractivity contribution < 1.29 is 0 Å². The summed E-state index contributed by atoms with van der Waals surface area (Å²) in [5.41, 5.74) is 1.95. The van der Waals surface area contributed by atoms with E-state index in [1.54, 1.807) is 6.20 Å². The molecule has 4 nitrogen and oxygen atoms in total. The summed E-state index contributed by atoms with van der Waals surface area (Å²) >= 11 is 6.15. The molecule has 116 valence electrons. The van der Waals surface area contributed by atoms with Crippen LogP contribution in [0.1, 0.15) is 37.7 Å². The highest BCUT2D eigenvalue weighted by Crippen LogP contribution is 2.23. The Morgan fingerprint density at radius 2 is 1.95 bits per heavy atom. The van der Waals surface area contributed by atoms with Gasteiger partial charge in [-0.15, -0.1) is 0 Å². The van der Waals surface area contributed by atoms with E-state index in [0.29, 0.717) is 12.0 Å². The van der Waals surface area contributed by atoms with Gasteiger partial charge in [-0.2, -0.15) is 4.98 Å². The van der Waals surface area contributed by atoms with Gasteiger partial charge >= 0.3 is 0 Å². The van der Waals surface area contributed by atoms with Crippen molar-refractivity contribution in [2.45, 2.75) is 45.1 Å². The molecule has 1 aromatic heterocycles. The lowest BCUT2D eigenvalue weighted by Crippen LogP contribution is -2.22. The lowest BCUT2D eigenvalue weighted by Gasteiger charge is -2.23. The molecule has 0 unspecified atom stereocenters. The summed E-state index contributed by atoms with van der Waals surface area (Å²) in [4.78, 5) is 8.81. The van der Waals surface area contributed by atoms with Crippen molar-refractivity contribution in [1.29, 1.82) is 0 Å². The lowest BCUT2D eigenvalue weighted by atomic mass is 9.95. The summed E-state index contributed by atoms with van der Waals surface area (Å²) in [6, 6.07) is 8.30. The van der Waals surface area contributed by atoms with Crippen LogP contribution in [-0.4, -0.2) is 16.0 Å². The van der Waals surface area contributed by atoms with Gasteiger partial charge in [-0.1, -0.05) is 36.9 Å². The zero-order chi connectivity index (χ0) is 15.4. The van der Waals surface area contributed by atoms with Gasteiger partial charge < -0.3 is 10.6 Å². The lowest BCUT2D eigenvalue weighted by molar-refractivity contribution is 0.462. The Morgan fingerprint density at radius 1 is 1.14 bits per heavy atom. The average molecular weight is 317 g/mol. The maximum atomic E-state index is 6.15. The molecule has 2 aromatic rings. The van der Waals surface area contributed by atoms with Crippen molar-refractivity contribution in [2.75, 3.05) is 10.6 Å². The van der Waals surface area contributed by atoms with Gasteiger partial charge in [-0.25, -0.2) is 4.98 Å². The first-order chi connectivity index (χ1) is 10.7. The van der Waals surface area contributed by atoms with Crippen LogP contribution in [0.5, 0.6) is 0 Å². The number of anilines is 3. The number of halogens is 1. The molecule has 3 rings (SSSR count). The normalized spacial score (nSPS) is 15.5. The molecule has 1 aliphatic carbocycles. The van der Waals surface area contributed by atoms with Crippen molar-refractivity contribution >= 4 is 29.1 Å². The third-order valence-electron chi connectivity index (χ3n) is 4.04. The van der Waals surface area contributed by atoms with E-state index < -0.39 is 0 Å². The summed E-state index contributed by atoms with van der Waals surface area (Å²) in [6.07, 6.45) is 8.17. The molecule has 0 radical (unpaired) electrons. The van der Waals surface area contributed by atoms with Gasteiger partial charge in [0.05, 0.1) is 0 Å². The monoisotopic (exact) mass is 316 g/mol. The number of hydrogen-bond donors (Lipinski definition) is 2. The van der Waals surface area contributed by atoms with Crippen LogP contribution in [0.3, 0.4) is 0 Å². The van der Waals surface area contributed by atoms with E-state index in [2.05, 4.69) is 20.6 Å². The Morgan fingerprint density at radius 3 is 2.73 bits per heavy atom. The number of aryl methyl sites for hydroxylation is 1. The Hall–Kier alpha value is -1.81. The minimum Gasteiger partial charge on any atom is -0.367 e. The molecule has 0 amide bonds. The van der Waals surface area contributed by atoms with E-state index in [4.69, 9.17) is 11.6 Å². The standard InChI is InChI=1S/C17H21ClN4/c1-12-7-8-14(11-15(12)18)21-17-19-10-9-16(22-17)20-13-5-3-2-4-6-13/h7-11,13H,2-6H2,1H3,(H2,19,20,21,22). The van der Waals surface area contributed by atoms with Gasteiger partial charge in [0.15, 0.2) is 0 Å². The quantitative estimate of drug-likeness (QED) is 0.840. The van der Waals surface area contributed by atoms with E-state index in [9.17, 15) is 0 Å². The summed E-state index contributed by atoms with van der Waals surface area (Å²) in [6.45, 7) is 1.98. The number of hydrogen-bond acceptors (Lipinski definition) is 4. The molecule has 0 spiro atoms. The van der Waals surface area contributed by atoms with Crippen molar-refractivity contribution in [1.82, 2.24) is 9.97 Å². The van der Waals surface area contributed by atoms with Crippen LogP contribution < -0.4 is 10.6 Å². The molecule has 5 heteroatoms. The summed E-state index contributed by atoms with van der Waals surface area (Å²) in [5.74, 6) is 1.46. The minimum atomic E-state index is 0.533. The SMILES string of the molecule is Cc1ccc(Nc2nccc(NC3CCCCC3)n2)cc1Cl. The molecule has 0 atom stereocenters. The highest BCUT2D eigenvalue weighted by Gasteiger charge is 2.13. The van der Waals surface area contributed by atoms with Crippen molar-refractivity contribution in [3.63, 3.8) is 0 Å². The molecule has 1 heterocycles. The number of aromatic nitrogens is 2. The largest absolute Gasteiger partial charge is 0.367 e. The van der Waals surface area contributed by atoms with Crippen LogP contribution >= 0.6 is 11.6 Å². The van der Waals surface area contributed by atoms with E-state index >= 15 is 0 Å². The van der Waals surface area contributed by atoms with Gasteiger partial charge in [-0.3, -0.25) is 0 Å². The first-order valence-electron chi connectivity index (χ1n) is 7.83. The van der Waals surface area contributed by atoms with E-state index in [1.807, 2.05) is 31.2 Å². The zero-order valence-electron chi connectivity index (χ0n) is 12.8. The molecular formula is C17H21ClN4. The summed E-state index contributed by atoms with van der Waals surface area (Å²) in [7, 11) is 0. The smallest absolute Gasteiger partial charge is 0.229 e. The Bertz CT molecular complexity index is 638. The molecule has 0 aliphatic heterocycles. The zero-order valence-corrected chi connectivity index (χ0v) is 13.5. The first kappa shape index (κ1) is 15.1. The molecule has 2 N–H and O–H groups in total. The van der Waals surface area contributed by atoms with Crippen LogP contribution in [0.2, 0.25) is 5.02 Å². The van der Waals surface area contributed by atoms with Gasteiger partial charge in [0.1, 0.15) is 5.82 Å². The van der Waals surface area contributed by atoms with Crippen LogP contribution in [-0.2, 0) is 0 Å². The highest BCUT2D eigenvalue weighted by atomic mass is 35.5. The van der Waals surface area contributed by atoms with E-state index in [-0.39, 0.29) is 0 Å². The van der Waals surface area contributed by atoms with E-state index in [0.717, 1.165) is 22.1 Å².